The van der Waals surface area contributed by atoms with E-state index in [-0.39, 0.29) is 24.5 Å². The number of hydrogen-bond acceptors (Lipinski definition) is 6. The number of ether oxygens (including phenoxy) is 2. The molecule has 2 aromatic carbocycles. The average Bonchev–Trinajstić information content (AvgIpc) is 2.74. The molecule has 2 amide bonds. The minimum atomic E-state index is -0.559. The van der Waals surface area contributed by atoms with Crippen molar-refractivity contribution < 1.29 is 28.7 Å². The lowest BCUT2D eigenvalue weighted by Crippen LogP contribution is -2.21. The van der Waals surface area contributed by atoms with Gasteiger partial charge in [-0.2, -0.15) is 0 Å². The van der Waals surface area contributed by atoms with Crippen LogP contribution in [0.25, 0.3) is 0 Å². The minimum Gasteiger partial charge on any atom is -0.494 e. The van der Waals surface area contributed by atoms with E-state index in [9.17, 15) is 19.2 Å². The topological polar surface area (TPSA) is 111 Å². The minimum absolute atomic E-state index is 0.0251. The summed E-state index contributed by atoms with van der Waals surface area (Å²) in [4.78, 5) is 46.8. The first-order chi connectivity index (χ1) is 14.9. The van der Waals surface area contributed by atoms with E-state index in [0.717, 1.165) is 5.75 Å². The highest BCUT2D eigenvalue weighted by molar-refractivity contribution is 5.96. The van der Waals surface area contributed by atoms with Crippen LogP contribution < -0.4 is 15.4 Å². The zero-order chi connectivity index (χ0) is 22.6. The summed E-state index contributed by atoms with van der Waals surface area (Å²) in [6, 6.07) is 13.4. The smallest absolute Gasteiger partial charge is 0.306 e. The summed E-state index contributed by atoms with van der Waals surface area (Å²) in [5, 5.41) is 5.32. The van der Waals surface area contributed by atoms with E-state index in [4.69, 9.17) is 9.47 Å². The molecule has 0 aliphatic heterocycles. The van der Waals surface area contributed by atoms with Gasteiger partial charge in [-0.25, -0.2) is 0 Å². The predicted molar refractivity (Wildman–Crippen MR) is 116 cm³/mol. The number of anilines is 2. The normalized spacial score (nSPS) is 10.1. The first-order valence-electron chi connectivity index (χ1n) is 9.96. The molecule has 0 radical (unpaired) electrons. The number of carbonyl (C=O) groups excluding carboxylic acids is 4. The molecule has 2 rings (SSSR count). The average molecular weight is 426 g/mol. The summed E-state index contributed by atoms with van der Waals surface area (Å²) < 4.78 is 10.3. The Hall–Kier alpha value is -3.68. The number of carbonyl (C=O) groups is 4. The molecule has 8 heteroatoms. The number of Topliss-reactive ketones (excluding diaryl/α,β-unsaturated/α-hetero) is 1. The fraction of sp³-hybridized carbons (Fsp3) is 0.304. The largest absolute Gasteiger partial charge is 0.494 e. The van der Waals surface area contributed by atoms with Crippen molar-refractivity contribution >= 4 is 34.9 Å². The van der Waals surface area contributed by atoms with Crippen LogP contribution in [0.4, 0.5) is 11.4 Å². The molecule has 0 aliphatic carbocycles. The summed E-state index contributed by atoms with van der Waals surface area (Å²) in [6.45, 7) is 3.49. The standard InChI is InChI=1S/C23H26N2O6/c1-3-30-20-13-11-19(12-14-20)24-21(27)5-4-6-23(29)31-15-22(28)25-18-9-7-17(8-10-18)16(2)26/h7-14H,3-6,15H2,1-2H3,(H,24,27)(H,25,28). The molecule has 0 fully saturated rings. The van der Waals surface area contributed by atoms with Crippen LogP contribution in [0.15, 0.2) is 48.5 Å². The van der Waals surface area contributed by atoms with Gasteiger partial charge < -0.3 is 20.1 Å². The van der Waals surface area contributed by atoms with Gasteiger partial charge in [-0.3, -0.25) is 19.2 Å². The predicted octanol–water partition coefficient (Wildman–Crippen LogP) is 3.58. The molecular weight excluding hydrogens is 400 g/mol. The number of nitrogens with one attached hydrogen (secondary N) is 2. The summed E-state index contributed by atoms with van der Waals surface area (Å²) in [6.07, 6.45) is 0.476. The summed E-state index contributed by atoms with van der Waals surface area (Å²) in [5.74, 6) is -0.614. The van der Waals surface area contributed by atoms with Crippen LogP contribution in [0.3, 0.4) is 0 Å². The summed E-state index contributed by atoms with van der Waals surface area (Å²) in [5.41, 5.74) is 1.68. The van der Waals surface area contributed by atoms with E-state index >= 15 is 0 Å². The highest BCUT2D eigenvalue weighted by atomic mass is 16.5. The van der Waals surface area contributed by atoms with E-state index < -0.39 is 18.5 Å². The van der Waals surface area contributed by atoms with E-state index in [1.54, 1.807) is 48.5 Å². The zero-order valence-electron chi connectivity index (χ0n) is 17.6. The molecule has 0 saturated heterocycles. The molecule has 2 aromatic rings. The number of hydrogen-bond donors (Lipinski definition) is 2. The van der Waals surface area contributed by atoms with Gasteiger partial charge in [0.05, 0.1) is 6.61 Å². The third-order valence-corrected chi connectivity index (χ3v) is 4.17. The van der Waals surface area contributed by atoms with Crippen molar-refractivity contribution in [3.63, 3.8) is 0 Å². The van der Waals surface area contributed by atoms with Crippen molar-refractivity contribution in [1.82, 2.24) is 0 Å². The SMILES string of the molecule is CCOc1ccc(NC(=O)CCCC(=O)OCC(=O)Nc2ccc(C(C)=O)cc2)cc1. The van der Waals surface area contributed by atoms with E-state index in [1.165, 1.54) is 6.92 Å². The van der Waals surface area contributed by atoms with Crippen LogP contribution in [-0.2, 0) is 19.1 Å². The van der Waals surface area contributed by atoms with Crippen molar-refractivity contribution in [2.75, 3.05) is 23.8 Å². The fourth-order valence-corrected chi connectivity index (χ4v) is 2.62. The lowest BCUT2D eigenvalue weighted by molar-refractivity contribution is -0.147. The first-order valence-corrected chi connectivity index (χ1v) is 9.96. The van der Waals surface area contributed by atoms with Crippen LogP contribution in [0.2, 0.25) is 0 Å². The third kappa shape index (κ3) is 8.69. The molecule has 0 atom stereocenters. The Morgan fingerprint density at radius 2 is 1.39 bits per heavy atom. The van der Waals surface area contributed by atoms with Gasteiger partial charge in [0, 0.05) is 29.8 Å². The molecule has 0 unspecified atom stereocenters. The van der Waals surface area contributed by atoms with Gasteiger partial charge in [0.15, 0.2) is 12.4 Å². The van der Waals surface area contributed by atoms with Crippen LogP contribution >= 0.6 is 0 Å². The molecule has 0 heterocycles. The molecule has 8 nitrogen and oxygen atoms in total. The van der Waals surface area contributed by atoms with Crippen molar-refractivity contribution in [3.8, 4) is 5.75 Å². The molecular formula is C23H26N2O6. The van der Waals surface area contributed by atoms with Crippen LogP contribution in [0, 0.1) is 0 Å². The van der Waals surface area contributed by atoms with Crippen LogP contribution in [0.5, 0.6) is 5.75 Å². The van der Waals surface area contributed by atoms with Crippen LogP contribution in [0.1, 0.15) is 43.5 Å². The molecule has 2 N–H and O–H groups in total. The second kappa shape index (κ2) is 12.1. The van der Waals surface area contributed by atoms with E-state index in [0.29, 0.717) is 30.0 Å². The Bertz CT molecular complexity index is 907. The molecule has 0 aliphatic rings. The maximum atomic E-state index is 12.0. The van der Waals surface area contributed by atoms with Gasteiger partial charge in [-0.15, -0.1) is 0 Å². The lowest BCUT2D eigenvalue weighted by atomic mass is 10.1. The second-order valence-corrected chi connectivity index (χ2v) is 6.70. The maximum absolute atomic E-state index is 12.0. The zero-order valence-corrected chi connectivity index (χ0v) is 17.6. The van der Waals surface area contributed by atoms with Gasteiger partial charge in [0.25, 0.3) is 5.91 Å². The van der Waals surface area contributed by atoms with Gasteiger partial charge in [-0.05, 0) is 68.8 Å². The van der Waals surface area contributed by atoms with Gasteiger partial charge >= 0.3 is 5.97 Å². The van der Waals surface area contributed by atoms with Gasteiger partial charge in [-0.1, -0.05) is 0 Å². The number of benzene rings is 2. The number of amides is 2. The Labute approximate surface area is 180 Å². The molecule has 0 bridgehead atoms. The van der Waals surface area contributed by atoms with E-state index in [2.05, 4.69) is 10.6 Å². The Morgan fingerprint density at radius 3 is 1.97 bits per heavy atom. The summed E-state index contributed by atoms with van der Waals surface area (Å²) in [7, 11) is 0. The van der Waals surface area contributed by atoms with Crippen molar-refractivity contribution in [3.05, 3.63) is 54.1 Å². The number of ketones is 1. The highest BCUT2D eigenvalue weighted by Crippen LogP contribution is 2.16. The van der Waals surface area contributed by atoms with E-state index in [1.807, 2.05) is 6.92 Å². The quantitative estimate of drug-likeness (QED) is 0.420. The summed E-state index contributed by atoms with van der Waals surface area (Å²) >= 11 is 0. The molecule has 164 valence electrons. The number of esters is 1. The Balaban J connectivity index is 1.63. The maximum Gasteiger partial charge on any atom is 0.306 e. The Morgan fingerprint density at radius 1 is 0.806 bits per heavy atom. The Kier molecular flexibility index (Phi) is 9.22. The molecule has 0 aromatic heterocycles. The van der Waals surface area contributed by atoms with Crippen molar-refractivity contribution in [2.45, 2.75) is 33.1 Å². The van der Waals surface area contributed by atoms with Crippen molar-refractivity contribution in [2.24, 2.45) is 0 Å². The molecule has 0 spiro atoms. The van der Waals surface area contributed by atoms with Gasteiger partial charge in [0.1, 0.15) is 5.75 Å². The van der Waals surface area contributed by atoms with Gasteiger partial charge in [0.2, 0.25) is 5.91 Å². The third-order valence-electron chi connectivity index (χ3n) is 4.17. The van der Waals surface area contributed by atoms with Crippen molar-refractivity contribution in [1.29, 1.82) is 0 Å². The highest BCUT2D eigenvalue weighted by Gasteiger charge is 2.10. The molecule has 31 heavy (non-hydrogen) atoms. The first kappa shape index (κ1) is 23.6. The lowest BCUT2D eigenvalue weighted by Gasteiger charge is -2.08. The second-order valence-electron chi connectivity index (χ2n) is 6.70. The number of rotatable bonds is 11. The van der Waals surface area contributed by atoms with Crippen LogP contribution in [-0.4, -0.2) is 36.8 Å². The molecule has 0 saturated carbocycles. The fourth-order valence-electron chi connectivity index (χ4n) is 2.62. The monoisotopic (exact) mass is 426 g/mol.